The number of nitrogens with zero attached hydrogens (tertiary/aromatic N) is 1. The van der Waals surface area contributed by atoms with Gasteiger partial charge in [-0.1, -0.05) is 19.8 Å². The first-order valence-electron chi connectivity index (χ1n) is 9.45. The van der Waals surface area contributed by atoms with Gasteiger partial charge in [0.15, 0.2) is 5.78 Å². The number of hydrogen-bond donors (Lipinski definition) is 2. The Hall–Kier alpha value is -2.70. The van der Waals surface area contributed by atoms with E-state index in [1.165, 1.54) is 0 Å². The average Bonchev–Trinajstić information content (AvgIpc) is 3.06. The maximum absolute atomic E-state index is 13.0. The summed E-state index contributed by atoms with van der Waals surface area (Å²) in [5.74, 6) is -0.971. The number of carbonyl (C=O) groups excluding carboxylic acids is 4. The van der Waals surface area contributed by atoms with E-state index < -0.39 is 11.6 Å². The quantitative estimate of drug-likeness (QED) is 0.632. The van der Waals surface area contributed by atoms with Crippen molar-refractivity contribution >= 4 is 29.3 Å². The molecule has 0 aromatic heterocycles. The van der Waals surface area contributed by atoms with Gasteiger partial charge in [-0.2, -0.15) is 0 Å². The molecule has 7 nitrogen and oxygen atoms in total. The van der Waals surface area contributed by atoms with Crippen molar-refractivity contribution in [3.63, 3.8) is 0 Å². The standard InChI is InChI=1S/C20H23N3O4/c1-11-5-3-4-8-20(11)18(26)23(19(27)22-20)10-16(24)13-6-7-15-14(9-13)12(2)17(25)21-15/h6-7,9,11-12H,3-5,8,10H2,1-2H3,(H,21,25)(H,22,27)/t11-,12+,20-/m1/s1. The molecular weight excluding hydrogens is 346 g/mol. The molecule has 1 saturated carbocycles. The molecule has 3 aliphatic rings. The number of imide groups is 1. The van der Waals surface area contributed by atoms with Crippen LogP contribution in [0.3, 0.4) is 0 Å². The lowest BCUT2D eigenvalue weighted by Crippen LogP contribution is -2.54. The maximum Gasteiger partial charge on any atom is 0.325 e. The second-order valence-electron chi connectivity index (χ2n) is 7.88. The number of hydrogen-bond acceptors (Lipinski definition) is 4. The summed E-state index contributed by atoms with van der Waals surface area (Å²) in [5, 5.41) is 5.63. The number of ketones is 1. The molecular formula is C20H23N3O4. The highest BCUT2D eigenvalue weighted by Gasteiger charge is 2.55. The summed E-state index contributed by atoms with van der Waals surface area (Å²) in [6.45, 7) is 3.48. The molecule has 7 heteroatoms. The molecule has 0 bridgehead atoms. The fourth-order valence-electron chi connectivity index (χ4n) is 4.46. The number of benzene rings is 1. The summed E-state index contributed by atoms with van der Waals surface area (Å²) in [7, 11) is 0. The van der Waals surface area contributed by atoms with E-state index in [0.717, 1.165) is 29.7 Å². The van der Waals surface area contributed by atoms with E-state index >= 15 is 0 Å². The van der Waals surface area contributed by atoms with Gasteiger partial charge < -0.3 is 10.6 Å². The summed E-state index contributed by atoms with van der Waals surface area (Å²) in [5.41, 5.74) is 1.00. The highest BCUT2D eigenvalue weighted by Crippen LogP contribution is 2.38. The van der Waals surface area contributed by atoms with Crippen molar-refractivity contribution in [2.75, 3.05) is 11.9 Å². The Balaban J connectivity index is 1.54. The molecule has 4 amide bonds. The van der Waals surface area contributed by atoms with Crippen molar-refractivity contribution in [1.29, 1.82) is 0 Å². The predicted molar refractivity (Wildman–Crippen MR) is 98.4 cm³/mol. The Kier molecular flexibility index (Phi) is 4.05. The Morgan fingerprint density at radius 1 is 1.22 bits per heavy atom. The molecule has 1 aromatic rings. The normalized spacial score (nSPS) is 29.7. The van der Waals surface area contributed by atoms with Crippen molar-refractivity contribution in [1.82, 2.24) is 10.2 Å². The van der Waals surface area contributed by atoms with Gasteiger partial charge in [0.05, 0.1) is 12.5 Å². The summed E-state index contributed by atoms with van der Waals surface area (Å²) in [6.07, 6.45) is 3.44. The molecule has 2 heterocycles. The summed E-state index contributed by atoms with van der Waals surface area (Å²) in [4.78, 5) is 51.0. The van der Waals surface area contributed by atoms with Gasteiger partial charge >= 0.3 is 6.03 Å². The Labute approximate surface area is 157 Å². The zero-order valence-corrected chi connectivity index (χ0v) is 15.5. The Bertz CT molecular complexity index is 865. The third kappa shape index (κ3) is 2.64. The zero-order chi connectivity index (χ0) is 19.3. The average molecular weight is 369 g/mol. The van der Waals surface area contributed by atoms with Gasteiger partial charge in [-0.3, -0.25) is 19.3 Å². The number of nitrogens with one attached hydrogen (secondary N) is 2. The molecule has 1 aliphatic carbocycles. The number of rotatable bonds is 3. The van der Waals surface area contributed by atoms with Crippen LogP contribution in [0.15, 0.2) is 18.2 Å². The van der Waals surface area contributed by atoms with Crippen LogP contribution in [0, 0.1) is 5.92 Å². The number of fused-ring (bicyclic) bond motifs is 1. The molecule has 27 heavy (non-hydrogen) atoms. The van der Waals surface area contributed by atoms with E-state index in [1.807, 2.05) is 6.92 Å². The molecule has 2 aliphatic heterocycles. The number of Topliss-reactive ketones (excluding diaryl/α,β-unsaturated/α-hetero) is 1. The van der Waals surface area contributed by atoms with Crippen LogP contribution < -0.4 is 10.6 Å². The molecule has 1 saturated heterocycles. The first kappa shape index (κ1) is 17.7. The minimum Gasteiger partial charge on any atom is -0.325 e. The highest BCUT2D eigenvalue weighted by molar-refractivity contribution is 6.12. The number of carbonyl (C=O) groups is 4. The summed E-state index contributed by atoms with van der Waals surface area (Å²) >= 11 is 0. The van der Waals surface area contributed by atoms with Crippen molar-refractivity contribution in [3.8, 4) is 0 Å². The lowest BCUT2D eigenvalue weighted by Gasteiger charge is -2.36. The number of urea groups is 1. The smallest absolute Gasteiger partial charge is 0.325 e. The fraction of sp³-hybridized carbons (Fsp3) is 0.500. The molecule has 0 radical (unpaired) electrons. The van der Waals surface area contributed by atoms with Gasteiger partial charge in [0.2, 0.25) is 5.91 Å². The fourth-order valence-corrected chi connectivity index (χ4v) is 4.46. The van der Waals surface area contributed by atoms with Gasteiger partial charge in [0.25, 0.3) is 5.91 Å². The third-order valence-corrected chi connectivity index (χ3v) is 6.29. The number of anilines is 1. The van der Waals surface area contributed by atoms with Crippen molar-refractivity contribution in [2.24, 2.45) is 5.92 Å². The second kappa shape index (κ2) is 6.18. The van der Waals surface area contributed by atoms with Gasteiger partial charge in [0, 0.05) is 11.3 Å². The van der Waals surface area contributed by atoms with Crippen LogP contribution in [0.2, 0.25) is 0 Å². The summed E-state index contributed by atoms with van der Waals surface area (Å²) < 4.78 is 0. The van der Waals surface area contributed by atoms with Gasteiger partial charge in [-0.25, -0.2) is 4.79 Å². The molecule has 3 atom stereocenters. The minimum absolute atomic E-state index is 0.0562. The van der Waals surface area contributed by atoms with Crippen molar-refractivity contribution in [3.05, 3.63) is 29.3 Å². The lowest BCUT2D eigenvalue weighted by atomic mass is 9.73. The molecule has 1 spiro atoms. The second-order valence-corrected chi connectivity index (χ2v) is 7.88. The van der Waals surface area contributed by atoms with Crippen molar-refractivity contribution < 1.29 is 19.2 Å². The first-order valence-corrected chi connectivity index (χ1v) is 9.45. The monoisotopic (exact) mass is 369 g/mol. The van der Waals surface area contributed by atoms with Crippen LogP contribution in [-0.2, 0) is 9.59 Å². The molecule has 0 unspecified atom stereocenters. The van der Waals surface area contributed by atoms with Gasteiger partial charge in [-0.15, -0.1) is 0 Å². The van der Waals surface area contributed by atoms with E-state index in [9.17, 15) is 19.2 Å². The van der Waals surface area contributed by atoms with E-state index in [0.29, 0.717) is 17.7 Å². The molecule has 2 N–H and O–H groups in total. The van der Waals surface area contributed by atoms with Crippen LogP contribution in [0.25, 0.3) is 0 Å². The molecule has 2 fully saturated rings. The third-order valence-electron chi connectivity index (χ3n) is 6.29. The molecule has 142 valence electrons. The molecule has 4 rings (SSSR count). The number of amides is 4. The van der Waals surface area contributed by atoms with Crippen molar-refractivity contribution in [2.45, 2.75) is 51.0 Å². The van der Waals surface area contributed by atoms with Crippen LogP contribution in [-0.4, -0.2) is 40.6 Å². The van der Waals surface area contributed by atoms with Gasteiger partial charge in [0.1, 0.15) is 5.54 Å². The maximum atomic E-state index is 13.0. The van der Waals surface area contributed by atoms with Crippen LogP contribution in [0.1, 0.15) is 61.4 Å². The van der Waals surface area contributed by atoms with Crippen LogP contribution >= 0.6 is 0 Å². The largest absolute Gasteiger partial charge is 0.325 e. The summed E-state index contributed by atoms with van der Waals surface area (Å²) in [6, 6.07) is 4.50. The minimum atomic E-state index is -0.863. The van der Waals surface area contributed by atoms with Crippen LogP contribution in [0.5, 0.6) is 0 Å². The highest BCUT2D eigenvalue weighted by atomic mass is 16.2. The Morgan fingerprint density at radius 2 is 2.00 bits per heavy atom. The van der Waals surface area contributed by atoms with E-state index in [4.69, 9.17) is 0 Å². The molecule has 1 aromatic carbocycles. The van der Waals surface area contributed by atoms with Gasteiger partial charge in [-0.05, 0) is 49.4 Å². The van der Waals surface area contributed by atoms with E-state index in [2.05, 4.69) is 10.6 Å². The lowest BCUT2D eigenvalue weighted by molar-refractivity contribution is -0.133. The van der Waals surface area contributed by atoms with E-state index in [-0.39, 0.29) is 36.0 Å². The van der Waals surface area contributed by atoms with Crippen LogP contribution in [0.4, 0.5) is 10.5 Å². The van der Waals surface area contributed by atoms with E-state index in [1.54, 1.807) is 25.1 Å². The topological polar surface area (TPSA) is 95.6 Å². The zero-order valence-electron chi connectivity index (χ0n) is 15.5. The SMILES string of the molecule is C[C@@H]1C(=O)Nc2ccc(C(=O)CN3C(=O)N[C@@]4(CCCC[C@H]4C)C3=O)cc21. The Morgan fingerprint density at radius 3 is 2.74 bits per heavy atom. The predicted octanol–water partition coefficient (Wildman–Crippen LogP) is 2.43. The first-order chi connectivity index (χ1) is 12.8.